The molecule has 168 valence electrons. The molecule has 0 aromatic carbocycles. The van der Waals surface area contributed by atoms with Crippen LogP contribution in [-0.4, -0.2) is 42.1 Å². The third kappa shape index (κ3) is 4.51. The maximum Gasteiger partial charge on any atom is 0.261 e. The molecule has 1 saturated heterocycles. The molecule has 1 amide bonds. The van der Waals surface area contributed by atoms with Gasteiger partial charge in [0.15, 0.2) is 0 Å². The number of nitrogens with zero attached hydrogens (tertiary/aromatic N) is 2. The highest BCUT2D eigenvalue weighted by molar-refractivity contribution is 7.14. The van der Waals surface area contributed by atoms with E-state index in [1.165, 1.54) is 34.5 Å². The molecule has 3 aliphatic rings. The van der Waals surface area contributed by atoms with Crippen molar-refractivity contribution in [3.8, 4) is 0 Å². The summed E-state index contributed by atoms with van der Waals surface area (Å²) in [7, 11) is 0. The monoisotopic (exact) mass is 462 g/mol. The number of amides is 1. The van der Waals surface area contributed by atoms with Gasteiger partial charge < -0.3 is 15.4 Å². The van der Waals surface area contributed by atoms with Crippen LogP contribution in [0.2, 0.25) is 0 Å². The number of aryl methyl sites for hydroxylation is 2. The predicted octanol–water partition coefficient (Wildman–Crippen LogP) is 3.27. The Kier molecular flexibility index (Phi) is 6.96. The molecule has 8 heteroatoms. The van der Waals surface area contributed by atoms with Crippen molar-refractivity contribution in [1.29, 1.82) is 0 Å². The molecule has 4 heterocycles. The molecule has 6 nitrogen and oxygen atoms in total. The summed E-state index contributed by atoms with van der Waals surface area (Å²) in [6.45, 7) is 5.34. The first kappa shape index (κ1) is 22.6. The zero-order valence-corrected chi connectivity index (χ0v) is 19.7. The van der Waals surface area contributed by atoms with Crippen LogP contribution in [0.1, 0.15) is 68.6 Å². The highest BCUT2D eigenvalue weighted by Gasteiger charge is 2.41. The van der Waals surface area contributed by atoms with Crippen LogP contribution in [0.5, 0.6) is 0 Å². The largest absolute Gasteiger partial charge is 0.369 e. The van der Waals surface area contributed by atoms with Crippen molar-refractivity contribution in [3.63, 3.8) is 0 Å². The number of nitrogens with one attached hydrogen (secondary N) is 2. The predicted molar refractivity (Wildman–Crippen MR) is 124 cm³/mol. The van der Waals surface area contributed by atoms with E-state index >= 15 is 0 Å². The summed E-state index contributed by atoms with van der Waals surface area (Å²) >= 11 is 1.62. The molecule has 0 atom stereocenters. The molecule has 0 radical (unpaired) electrons. The summed E-state index contributed by atoms with van der Waals surface area (Å²) in [5, 5.41) is 6.50. The van der Waals surface area contributed by atoms with E-state index in [1.807, 2.05) is 0 Å². The smallest absolute Gasteiger partial charge is 0.261 e. The molecule has 2 aliphatic heterocycles. The molecular formula is C23H31ClN4O2S. The Morgan fingerprint density at radius 3 is 2.87 bits per heavy atom. The standard InChI is InChI=1S/C23H30N4O2S.ClH/c1-15-17-4-2-3-5-18(17)27-20(26-15)6-10-25-22(28)19-14-16-7-13-29-23(21(16)30-19)8-11-24-12-9-23;/h14,24H,2-13H2,1H3,(H,25,28);1H. The van der Waals surface area contributed by atoms with Crippen LogP contribution < -0.4 is 10.6 Å². The second-order valence-corrected chi connectivity index (χ2v) is 9.72. The van der Waals surface area contributed by atoms with E-state index in [-0.39, 0.29) is 23.9 Å². The van der Waals surface area contributed by atoms with Gasteiger partial charge in [0.1, 0.15) is 11.4 Å². The lowest BCUT2D eigenvalue weighted by Gasteiger charge is -2.40. The highest BCUT2D eigenvalue weighted by atomic mass is 35.5. The number of aromatic nitrogens is 2. The van der Waals surface area contributed by atoms with Gasteiger partial charge in [0.25, 0.3) is 5.91 Å². The van der Waals surface area contributed by atoms with Crippen molar-refractivity contribution in [1.82, 2.24) is 20.6 Å². The first-order valence-corrected chi connectivity index (χ1v) is 12.1. The highest BCUT2D eigenvalue weighted by Crippen LogP contribution is 2.44. The second-order valence-electron chi connectivity index (χ2n) is 8.67. The summed E-state index contributed by atoms with van der Waals surface area (Å²) in [6.07, 6.45) is 8.14. The van der Waals surface area contributed by atoms with E-state index < -0.39 is 0 Å². The van der Waals surface area contributed by atoms with E-state index in [2.05, 4.69) is 28.6 Å². The SMILES string of the molecule is Cc1nc(CCNC(=O)c2cc3c(s2)C2(CCNCC2)OCC3)nc2c1CCCC2.Cl. The van der Waals surface area contributed by atoms with Crippen LogP contribution >= 0.6 is 23.7 Å². The molecule has 2 N–H and O–H groups in total. The lowest BCUT2D eigenvalue weighted by molar-refractivity contribution is -0.0771. The van der Waals surface area contributed by atoms with Crippen molar-refractivity contribution < 1.29 is 9.53 Å². The lowest BCUT2D eigenvalue weighted by atomic mass is 9.86. The van der Waals surface area contributed by atoms with Crippen molar-refractivity contribution in [2.45, 2.75) is 63.9 Å². The number of hydrogen-bond acceptors (Lipinski definition) is 6. The van der Waals surface area contributed by atoms with Gasteiger partial charge in [0, 0.05) is 29.2 Å². The fourth-order valence-electron chi connectivity index (χ4n) is 5.07. The van der Waals surface area contributed by atoms with Gasteiger partial charge in [-0.25, -0.2) is 9.97 Å². The van der Waals surface area contributed by atoms with E-state index in [4.69, 9.17) is 9.72 Å². The summed E-state index contributed by atoms with van der Waals surface area (Å²) < 4.78 is 6.24. The van der Waals surface area contributed by atoms with E-state index in [0.717, 1.165) is 68.2 Å². The molecule has 2 aromatic rings. The number of carbonyl (C=O) groups is 1. The molecule has 5 rings (SSSR count). The molecule has 0 bridgehead atoms. The summed E-state index contributed by atoms with van der Waals surface area (Å²) in [5.74, 6) is 0.856. The van der Waals surface area contributed by atoms with Gasteiger partial charge in [-0.2, -0.15) is 0 Å². The summed E-state index contributed by atoms with van der Waals surface area (Å²) in [6, 6.07) is 2.08. The topological polar surface area (TPSA) is 76.1 Å². The molecule has 1 spiro atoms. The molecule has 31 heavy (non-hydrogen) atoms. The van der Waals surface area contributed by atoms with Gasteiger partial charge in [-0.15, -0.1) is 23.7 Å². The van der Waals surface area contributed by atoms with E-state index in [9.17, 15) is 4.79 Å². The number of halogens is 1. The summed E-state index contributed by atoms with van der Waals surface area (Å²) in [5.41, 5.74) is 4.78. The van der Waals surface area contributed by atoms with E-state index in [1.54, 1.807) is 11.3 Å². The van der Waals surface area contributed by atoms with Gasteiger partial charge in [-0.3, -0.25) is 4.79 Å². The lowest BCUT2D eigenvalue weighted by Crippen LogP contribution is -2.43. The van der Waals surface area contributed by atoms with Gasteiger partial charge in [-0.1, -0.05) is 0 Å². The number of fused-ring (bicyclic) bond motifs is 3. The molecular weight excluding hydrogens is 432 g/mol. The fraction of sp³-hybridized carbons (Fsp3) is 0.609. The zero-order valence-electron chi connectivity index (χ0n) is 18.1. The average molecular weight is 463 g/mol. The number of ether oxygens (including phenoxy) is 1. The Morgan fingerprint density at radius 2 is 2.03 bits per heavy atom. The number of rotatable bonds is 4. The van der Waals surface area contributed by atoms with Gasteiger partial charge in [0.2, 0.25) is 0 Å². The van der Waals surface area contributed by atoms with Crippen molar-refractivity contribution in [2.75, 3.05) is 26.2 Å². The molecule has 2 aromatic heterocycles. The number of hydrogen-bond donors (Lipinski definition) is 2. The molecule has 1 fully saturated rings. The fourth-order valence-corrected chi connectivity index (χ4v) is 6.39. The van der Waals surface area contributed by atoms with Crippen LogP contribution in [0.4, 0.5) is 0 Å². The minimum absolute atomic E-state index is 0. The van der Waals surface area contributed by atoms with E-state index in [0.29, 0.717) is 13.0 Å². The van der Waals surface area contributed by atoms with Crippen LogP contribution in [0.15, 0.2) is 6.07 Å². The Bertz CT molecular complexity index is 955. The number of thiophene rings is 1. The third-order valence-corrected chi connectivity index (χ3v) is 8.04. The first-order chi connectivity index (χ1) is 14.6. The Morgan fingerprint density at radius 1 is 1.23 bits per heavy atom. The normalized spacial score (nSPS) is 19.3. The maximum absolute atomic E-state index is 12.8. The Labute approximate surface area is 194 Å². The minimum Gasteiger partial charge on any atom is -0.369 e. The zero-order chi connectivity index (χ0) is 20.6. The van der Waals surface area contributed by atoms with Crippen molar-refractivity contribution in [2.24, 2.45) is 0 Å². The first-order valence-electron chi connectivity index (χ1n) is 11.3. The van der Waals surface area contributed by atoms with Crippen LogP contribution in [0.3, 0.4) is 0 Å². The van der Waals surface area contributed by atoms with Crippen LogP contribution in [-0.2, 0) is 36.0 Å². The Balaban J connectivity index is 0.00000231. The van der Waals surface area contributed by atoms with Gasteiger partial charge >= 0.3 is 0 Å². The van der Waals surface area contributed by atoms with Gasteiger partial charge in [0.05, 0.1) is 11.5 Å². The van der Waals surface area contributed by atoms with Crippen molar-refractivity contribution >= 4 is 29.7 Å². The minimum atomic E-state index is -0.184. The van der Waals surface area contributed by atoms with Crippen molar-refractivity contribution in [3.05, 3.63) is 44.2 Å². The molecule has 1 aliphatic carbocycles. The summed E-state index contributed by atoms with van der Waals surface area (Å²) in [4.78, 5) is 24.4. The average Bonchev–Trinajstić information content (AvgIpc) is 3.21. The number of carbonyl (C=O) groups excluding carboxylic acids is 1. The van der Waals surface area contributed by atoms with Crippen LogP contribution in [0.25, 0.3) is 0 Å². The Hall–Kier alpha value is -1.54. The quantitative estimate of drug-likeness (QED) is 0.729. The van der Waals surface area contributed by atoms with Crippen LogP contribution in [0, 0.1) is 6.92 Å². The third-order valence-electron chi connectivity index (χ3n) is 6.68. The second kappa shape index (κ2) is 9.53. The number of piperidine rings is 1. The molecule has 0 unspecified atom stereocenters. The maximum atomic E-state index is 12.8. The van der Waals surface area contributed by atoms with Gasteiger partial charge in [-0.05, 0) is 82.2 Å². The molecule has 0 saturated carbocycles.